The zero-order valence-corrected chi connectivity index (χ0v) is 12.1. The highest BCUT2D eigenvalue weighted by molar-refractivity contribution is 6.32. The molecule has 1 heterocycles. The molecule has 0 aliphatic heterocycles. The van der Waals surface area contributed by atoms with Crippen molar-refractivity contribution in [1.29, 1.82) is 0 Å². The second kappa shape index (κ2) is 5.50. The van der Waals surface area contributed by atoms with Gasteiger partial charge < -0.3 is 15.2 Å². The molecule has 0 spiro atoms. The van der Waals surface area contributed by atoms with Crippen LogP contribution in [0.3, 0.4) is 0 Å². The number of benzene rings is 2. The molecule has 0 saturated heterocycles. The molecule has 0 bridgehead atoms. The number of hydrogen-bond acceptors (Lipinski definition) is 4. The second-order valence-electron chi connectivity index (χ2n) is 4.46. The Bertz CT molecular complexity index is 785. The molecule has 0 aliphatic carbocycles. The summed E-state index contributed by atoms with van der Waals surface area (Å²) in [7, 11) is 1.62. The van der Waals surface area contributed by atoms with Crippen molar-refractivity contribution in [3.8, 4) is 17.4 Å². The zero-order chi connectivity index (χ0) is 14.8. The van der Waals surface area contributed by atoms with E-state index in [4.69, 9.17) is 26.8 Å². The van der Waals surface area contributed by atoms with E-state index in [2.05, 4.69) is 4.98 Å². The van der Waals surface area contributed by atoms with Gasteiger partial charge in [-0.2, -0.15) is 0 Å². The van der Waals surface area contributed by atoms with Gasteiger partial charge in [0.15, 0.2) is 5.75 Å². The van der Waals surface area contributed by atoms with Gasteiger partial charge in [0.25, 0.3) is 0 Å². The first kappa shape index (κ1) is 13.5. The van der Waals surface area contributed by atoms with Gasteiger partial charge in [0, 0.05) is 11.6 Å². The fourth-order valence-electron chi connectivity index (χ4n) is 2.06. The molecule has 0 atom stereocenters. The minimum absolute atomic E-state index is 0.405. The lowest BCUT2D eigenvalue weighted by molar-refractivity contribution is 0.415. The number of nitrogen functional groups attached to an aromatic ring is 1. The van der Waals surface area contributed by atoms with Crippen LogP contribution in [0.4, 0.5) is 5.69 Å². The number of ether oxygens (including phenoxy) is 2. The van der Waals surface area contributed by atoms with Crippen LogP contribution in [-0.4, -0.2) is 12.1 Å². The molecule has 0 unspecified atom stereocenters. The summed E-state index contributed by atoms with van der Waals surface area (Å²) in [5.74, 6) is 1.57. The third-order valence-electron chi connectivity index (χ3n) is 3.13. The molecule has 0 aliphatic rings. The van der Waals surface area contributed by atoms with E-state index in [1.165, 1.54) is 0 Å². The Morgan fingerprint density at radius 1 is 1.14 bits per heavy atom. The average Bonchev–Trinajstić information content (AvgIpc) is 2.50. The fourth-order valence-corrected chi connectivity index (χ4v) is 2.28. The average molecular weight is 301 g/mol. The van der Waals surface area contributed by atoms with Crippen LogP contribution in [0.2, 0.25) is 5.02 Å². The van der Waals surface area contributed by atoms with Gasteiger partial charge in [0.05, 0.1) is 17.8 Å². The molecule has 2 aromatic carbocycles. The minimum Gasteiger partial charge on any atom is -0.497 e. The molecule has 1 aromatic heterocycles. The Morgan fingerprint density at radius 3 is 2.76 bits per heavy atom. The third-order valence-corrected chi connectivity index (χ3v) is 3.43. The van der Waals surface area contributed by atoms with E-state index in [0.717, 1.165) is 16.5 Å². The number of aromatic nitrogens is 1. The highest BCUT2D eigenvalue weighted by Gasteiger charge is 2.11. The molecule has 3 rings (SSSR count). The zero-order valence-electron chi connectivity index (χ0n) is 11.3. The first-order chi connectivity index (χ1) is 10.2. The molecule has 0 amide bonds. The number of hydrogen-bond donors (Lipinski definition) is 1. The molecule has 4 nitrogen and oxygen atoms in total. The Hall–Kier alpha value is -2.46. The van der Waals surface area contributed by atoms with Crippen molar-refractivity contribution in [2.45, 2.75) is 0 Å². The van der Waals surface area contributed by atoms with E-state index in [9.17, 15) is 0 Å². The number of nitrogens with zero attached hydrogens (tertiary/aromatic N) is 1. The summed E-state index contributed by atoms with van der Waals surface area (Å²) in [4.78, 5) is 4.27. The summed E-state index contributed by atoms with van der Waals surface area (Å²) in [6, 6.07) is 12.8. The van der Waals surface area contributed by atoms with Crippen molar-refractivity contribution in [1.82, 2.24) is 4.98 Å². The summed E-state index contributed by atoms with van der Waals surface area (Å²) >= 11 is 6.13. The fraction of sp³-hybridized carbons (Fsp3) is 0.0625. The van der Waals surface area contributed by atoms with Gasteiger partial charge in [-0.25, -0.2) is 4.98 Å². The Labute approximate surface area is 127 Å². The van der Waals surface area contributed by atoms with Crippen molar-refractivity contribution >= 4 is 28.1 Å². The van der Waals surface area contributed by atoms with Gasteiger partial charge in [-0.05, 0) is 35.7 Å². The van der Waals surface area contributed by atoms with Crippen LogP contribution in [0.1, 0.15) is 0 Å². The molecule has 21 heavy (non-hydrogen) atoms. The van der Waals surface area contributed by atoms with Crippen LogP contribution in [-0.2, 0) is 0 Å². The van der Waals surface area contributed by atoms with Crippen LogP contribution in [0, 0.1) is 0 Å². The maximum absolute atomic E-state index is 6.13. The van der Waals surface area contributed by atoms with E-state index >= 15 is 0 Å². The largest absolute Gasteiger partial charge is 0.497 e. The lowest BCUT2D eigenvalue weighted by atomic mass is 10.1. The van der Waals surface area contributed by atoms with Crippen molar-refractivity contribution in [2.24, 2.45) is 0 Å². The Morgan fingerprint density at radius 2 is 2.00 bits per heavy atom. The smallest absolute Gasteiger partial charge is 0.227 e. The molecule has 0 saturated carbocycles. The summed E-state index contributed by atoms with van der Waals surface area (Å²) in [5, 5.41) is 2.26. The normalized spacial score (nSPS) is 10.6. The number of nitrogens with two attached hydrogens (primary N) is 1. The molecule has 5 heteroatoms. The summed E-state index contributed by atoms with van der Waals surface area (Å²) in [5.41, 5.74) is 6.37. The lowest BCUT2D eigenvalue weighted by Crippen LogP contribution is -1.95. The lowest BCUT2D eigenvalue weighted by Gasteiger charge is -2.11. The topological polar surface area (TPSA) is 57.4 Å². The third kappa shape index (κ3) is 2.58. The summed E-state index contributed by atoms with van der Waals surface area (Å²) < 4.78 is 11.1. The Balaban J connectivity index is 2.12. The maximum Gasteiger partial charge on any atom is 0.227 e. The highest BCUT2D eigenvalue weighted by atomic mass is 35.5. The van der Waals surface area contributed by atoms with Gasteiger partial charge in [-0.1, -0.05) is 23.7 Å². The summed E-state index contributed by atoms with van der Waals surface area (Å²) in [6.07, 6.45) is 1.68. The van der Waals surface area contributed by atoms with Gasteiger partial charge in [0.1, 0.15) is 5.75 Å². The van der Waals surface area contributed by atoms with E-state index in [0.29, 0.717) is 22.3 Å². The number of para-hydroxylation sites is 1. The number of pyridine rings is 1. The number of rotatable bonds is 3. The van der Waals surface area contributed by atoms with E-state index in [1.54, 1.807) is 31.5 Å². The van der Waals surface area contributed by atoms with Crippen LogP contribution in [0.15, 0.2) is 48.7 Å². The van der Waals surface area contributed by atoms with Crippen LogP contribution < -0.4 is 15.2 Å². The van der Waals surface area contributed by atoms with Gasteiger partial charge in [0.2, 0.25) is 5.88 Å². The van der Waals surface area contributed by atoms with Crippen molar-refractivity contribution in [3.63, 3.8) is 0 Å². The molecule has 3 aromatic rings. The number of methoxy groups -OCH3 is 1. The number of halogens is 1. The number of anilines is 1. The maximum atomic E-state index is 6.13. The number of fused-ring (bicyclic) bond motifs is 1. The van der Waals surface area contributed by atoms with E-state index < -0.39 is 0 Å². The SMILES string of the molecule is COc1ccc2ccnc(Oc3c(N)cccc3Cl)c2c1. The van der Waals surface area contributed by atoms with Crippen molar-refractivity contribution in [2.75, 3.05) is 12.8 Å². The standard InChI is InChI=1S/C16H13ClN2O2/c1-20-11-6-5-10-7-8-19-16(12(10)9-11)21-15-13(17)3-2-4-14(15)18/h2-9H,18H2,1H3. The predicted octanol–water partition coefficient (Wildman–Crippen LogP) is 4.27. The molecule has 0 radical (unpaired) electrons. The first-order valence-electron chi connectivity index (χ1n) is 6.33. The van der Waals surface area contributed by atoms with Crippen molar-refractivity contribution in [3.05, 3.63) is 53.7 Å². The van der Waals surface area contributed by atoms with Crippen LogP contribution >= 0.6 is 11.6 Å². The quantitative estimate of drug-likeness (QED) is 0.734. The predicted molar refractivity (Wildman–Crippen MR) is 84.2 cm³/mol. The van der Waals surface area contributed by atoms with Crippen molar-refractivity contribution < 1.29 is 9.47 Å². The minimum atomic E-state index is 0.405. The Kier molecular flexibility index (Phi) is 3.54. The molecule has 0 fully saturated rings. The van der Waals surface area contributed by atoms with E-state index in [-0.39, 0.29) is 0 Å². The second-order valence-corrected chi connectivity index (χ2v) is 4.87. The molecule has 2 N–H and O–H groups in total. The summed E-state index contributed by atoms with van der Waals surface area (Å²) in [6.45, 7) is 0. The van der Waals surface area contributed by atoms with Crippen LogP contribution in [0.5, 0.6) is 17.4 Å². The van der Waals surface area contributed by atoms with Crippen LogP contribution in [0.25, 0.3) is 10.8 Å². The van der Waals surface area contributed by atoms with Gasteiger partial charge in [-0.3, -0.25) is 0 Å². The molecular weight excluding hydrogens is 288 g/mol. The van der Waals surface area contributed by atoms with E-state index in [1.807, 2.05) is 24.3 Å². The highest BCUT2D eigenvalue weighted by Crippen LogP contribution is 2.37. The van der Waals surface area contributed by atoms with Gasteiger partial charge >= 0.3 is 0 Å². The molecule has 106 valence electrons. The molecular formula is C16H13ClN2O2. The van der Waals surface area contributed by atoms with Gasteiger partial charge in [-0.15, -0.1) is 0 Å². The first-order valence-corrected chi connectivity index (χ1v) is 6.71. The monoisotopic (exact) mass is 300 g/mol.